The maximum absolute atomic E-state index is 13.1. The topological polar surface area (TPSA) is 90.5 Å². The highest BCUT2D eigenvalue weighted by atomic mass is 16.5. The molecule has 33 heavy (non-hydrogen) atoms. The zero-order valence-electron chi connectivity index (χ0n) is 20.5. The van der Waals surface area contributed by atoms with Gasteiger partial charge in [-0.2, -0.15) is 0 Å². The normalized spacial score (nSPS) is 11.8. The number of carbonyl (C=O) groups is 1. The van der Waals surface area contributed by atoms with Gasteiger partial charge in [0.25, 0.3) is 5.56 Å². The number of imidazole rings is 1. The fourth-order valence-electron chi connectivity index (χ4n) is 4.08. The molecule has 0 spiro atoms. The van der Waals surface area contributed by atoms with Gasteiger partial charge in [0.1, 0.15) is 12.0 Å². The maximum atomic E-state index is 13.1. The lowest BCUT2D eigenvalue weighted by Gasteiger charge is -2.21. The van der Waals surface area contributed by atoms with Crippen molar-refractivity contribution in [2.45, 2.75) is 47.6 Å². The number of carbonyl (C=O) groups excluding carboxylic acids is 1. The van der Waals surface area contributed by atoms with Crippen LogP contribution in [-0.2, 0) is 11.8 Å². The summed E-state index contributed by atoms with van der Waals surface area (Å²) in [5.41, 5.74) is 5.67. The largest absolute Gasteiger partial charge is 0.464 e. The van der Waals surface area contributed by atoms with E-state index >= 15 is 0 Å². The number of aryl methyl sites for hydroxylation is 4. The molecule has 174 valence electrons. The van der Waals surface area contributed by atoms with Crippen molar-refractivity contribution in [2.75, 3.05) is 12.4 Å². The molecule has 0 saturated carbocycles. The van der Waals surface area contributed by atoms with E-state index in [1.165, 1.54) is 7.11 Å². The van der Waals surface area contributed by atoms with Crippen molar-refractivity contribution in [3.63, 3.8) is 0 Å². The van der Waals surface area contributed by atoms with Crippen LogP contribution < -0.4 is 10.9 Å². The summed E-state index contributed by atoms with van der Waals surface area (Å²) in [6.45, 7) is 11.7. The molecule has 4 aromatic rings. The number of benzene rings is 1. The van der Waals surface area contributed by atoms with Gasteiger partial charge in [0, 0.05) is 12.7 Å². The molecule has 4 rings (SSSR count). The lowest BCUT2D eigenvalue weighted by atomic mass is 10.0. The first-order valence-corrected chi connectivity index (χ1v) is 11.0. The Morgan fingerprint density at radius 2 is 1.85 bits per heavy atom. The van der Waals surface area contributed by atoms with Gasteiger partial charge in [0.15, 0.2) is 5.69 Å². The van der Waals surface area contributed by atoms with Crippen LogP contribution in [0, 0.1) is 20.8 Å². The zero-order chi connectivity index (χ0) is 24.4. The Labute approximate surface area is 193 Å². The Balaban J connectivity index is 0.00000149. The number of hydrogen-bond donors (Lipinski definition) is 1. The van der Waals surface area contributed by atoms with E-state index in [2.05, 4.69) is 15.3 Å². The summed E-state index contributed by atoms with van der Waals surface area (Å²) in [6.07, 6.45) is 1.74. The second-order valence-electron chi connectivity index (χ2n) is 7.84. The molecule has 3 aromatic heterocycles. The molecule has 0 bridgehead atoms. The predicted octanol–water partition coefficient (Wildman–Crippen LogP) is 4.49. The van der Waals surface area contributed by atoms with E-state index in [9.17, 15) is 9.59 Å². The molecule has 1 unspecified atom stereocenters. The van der Waals surface area contributed by atoms with Crippen molar-refractivity contribution in [1.82, 2.24) is 18.9 Å². The molecule has 0 aliphatic heterocycles. The highest BCUT2D eigenvalue weighted by Crippen LogP contribution is 2.29. The van der Waals surface area contributed by atoms with Gasteiger partial charge < -0.3 is 10.1 Å². The summed E-state index contributed by atoms with van der Waals surface area (Å²) in [4.78, 5) is 34.1. The van der Waals surface area contributed by atoms with Gasteiger partial charge in [0.05, 0.1) is 35.4 Å². The molecule has 1 aromatic carbocycles. The minimum atomic E-state index is -0.506. The zero-order valence-corrected chi connectivity index (χ0v) is 20.5. The summed E-state index contributed by atoms with van der Waals surface area (Å²) in [6, 6.07) is 7.37. The van der Waals surface area contributed by atoms with Gasteiger partial charge in [-0.3, -0.25) is 13.8 Å². The summed E-state index contributed by atoms with van der Waals surface area (Å²) < 4.78 is 8.48. The molecular weight excluding hydrogens is 418 g/mol. The molecule has 3 heterocycles. The quantitative estimate of drug-likeness (QED) is 0.462. The molecule has 8 nitrogen and oxygen atoms in total. The summed E-state index contributed by atoms with van der Waals surface area (Å²) in [5.74, 6) is -0.506. The number of rotatable bonds is 4. The predicted molar refractivity (Wildman–Crippen MR) is 131 cm³/mol. The van der Waals surface area contributed by atoms with Crippen molar-refractivity contribution < 1.29 is 9.53 Å². The molecular formula is C25H31N5O3. The molecule has 0 radical (unpaired) electrons. The van der Waals surface area contributed by atoms with Crippen LogP contribution in [0.4, 0.5) is 5.69 Å². The van der Waals surface area contributed by atoms with Crippen LogP contribution in [0.3, 0.4) is 0 Å². The summed E-state index contributed by atoms with van der Waals surface area (Å²) in [5, 5.41) is 4.01. The van der Waals surface area contributed by atoms with Gasteiger partial charge >= 0.3 is 5.97 Å². The average Bonchev–Trinajstić information content (AvgIpc) is 3.20. The number of anilines is 1. The van der Waals surface area contributed by atoms with Gasteiger partial charge in [-0.25, -0.2) is 14.8 Å². The molecule has 0 aliphatic rings. The van der Waals surface area contributed by atoms with E-state index in [1.807, 2.05) is 70.2 Å². The van der Waals surface area contributed by atoms with Crippen molar-refractivity contribution in [3.05, 3.63) is 69.2 Å². The van der Waals surface area contributed by atoms with Crippen molar-refractivity contribution >= 4 is 28.2 Å². The third-order valence-corrected chi connectivity index (χ3v) is 5.55. The Morgan fingerprint density at radius 3 is 2.52 bits per heavy atom. The van der Waals surface area contributed by atoms with Crippen molar-refractivity contribution in [3.8, 4) is 0 Å². The standard InChI is InChI=1S/C23H25N5O3.C2H6/c1-12-9-16(14(3)26-18-8-7-13(2)25-19(18)23(30)31-6)20-17(10-12)22(29)27(5)21-15(4)24-11-28(20)21;1-2/h7-11,14,26H,1-6H3;1-2H3. The first-order chi connectivity index (χ1) is 15.7. The van der Waals surface area contributed by atoms with E-state index in [0.29, 0.717) is 11.1 Å². The van der Waals surface area contributed by atoms with Crippen LogP contribution in [0.25, 0.3) is 16.6 Å². The van der Waals surface area contributed by atoms with Gasteiger partial charge in [0.2, 0.25) is 0 Å². The third-order valence-electron chi connectivity index (χ3n) is 5.55. The first kappa shape index (κ1) is 24.0. The number of nitrogens with one attached hydrogen (secondary N) is 1. The Morgan fingerprint density at radius 1 is 1.15 bits per heavy atom. The second kappa shape index (κ2) is 9.44. The number of hydrogen-bond acceptors (Lipinski definition) is 6. The molecule has 8 heteroatoms. The molecule has 1 N–H and O–H groups in total. The molecule has 0 fully saturated rings. The highest BCUT2D eigenvalue weighted by Gasteiger charge is 2.21. The van der Waals surface area contributed by atoms with Crippen LogP contribution in [0.5, 0.6) is 0 Å². The lowest BCUT2D eigenvalue weighted by Crippen LogP contribution is -2.22. The minimum absolute atomic E-state index is 0.0736. The number of pyridine rings is 1. The second-order valence-corrected chi connectivity index (χ2v) is 7.84. The molecule has 0 aliphatic carbocycles. The number of esters is 1. The van der Waals surface area contributed by atoms with Gasteiger partial charge in [-0.15, -0.1) is 0 Å². The van der Waals surface area contributed by atoms with Crippen LogP contribution in [0.1, 0.15) is 59.8 Å². The number of methoxy groups -OCH3 is 1. The number of nitrogens with zero attached hydrogens (tertiary/aromatic N) is 4. The Kier molecular flexibility index (Phi) is 6.86. The summed E-state index contributed by atoms with van der Waals surface area (Å²) >= 11 is 0. The minimum Gasteiger partial charge on any atom is -0.464 e. The van der Waals surface area contributed by atoms with E-state index in [0.717, 1.165) is 33.7 Å². The molecule has 1 atom stereocenters. The first-order valence-electron chi connectivity index (χ1n) is 11.0. The van der Waals surface area contributed by atoms with Crippen LogP contribution in [0.2, 0.25) is 0 Å². The van der Waals surface area contributed by atoms with Crippen LogP contribution in [0.15, 0.2) is 35.4 Å². The number of aromatic nitrogens is 4. The Bertz CT molecular complexity index is 1400. The smallest absolute Gasteiger partial charge is 0.358 e. The number of fused-ring (bicyclic) bond motifs is 3. The fourth-order valence-corrected chi connectivity index (χ4v) is 4.08. The van der Waals surface area contributed by atoms with Gasteiger partial charge in [-0.05, 0) is 57.0 Å². The van der Waals surface area contributed by atoms with E-state index in [-0.39, 0.29) is 17.3 Å². The molecule has 0 amide bonds. The number of ether oxygens (including phenoxy) is 1. The average molecular weight is 450 g/mol. The van der Waals surface area contributed by atoms with Crippen LogP contribution in [-0.4, -0.2) is 32.0 Å². The maximum Gasteiger partial charge on any atom is 0.358 e. The van der Waals surface area contributed by atoms with Crippen molar-refractivity contribution in [1.29, 1.82) is 0 Å². The highest BCUT2D eigenvalue weighted by molar-refractivity contribution is 5.93. The molecule has 0 saturated heterocycles. The van der Waals surface area contributed by atoms with E-state index < -0.39 is 5.97 Å². The Hall–Kier alpha value is -3.68. The monoisotopic (exact) mass is 449 g/mol. The van der Waals surface area contributed by atoms with Crippen molar-refractivity contribution in [2.24, 2.45) is 7.05 Å². The summed E-state index contributed by atoms with van der Waals surface area (Å²) in [7, 11) is 3.09. The fraction of sp³-hybridized carbons (Fsp3) is 0.360. The SMILES string of the molecule is CC.COC(=O)c1nc(C)ccc1NC(C)c1cc(C)cc2c(=O)n(C)c3c(C)ncn3c12. The van der Waals surface area contributed by atoms with E-state index in [1.54, 1.807) is 17.9 Å². The lowest BCUT2D eigenvalue weighted by molar-refractivity contribution is 0.0595. The van der Waals surface area contributed by atoms with Gasteiger partial charge in [-0.1, -0.05) is 19.9 Å². The third kappa shape index (κ3) is 4.20. The van der Waals surface area contributed by atoms with Crippen LogP contribution >= 0.6 is 0 Å². The van der Waals surface area contributed by atoms with E-state index in [4.69, 9.17) is 4.74 Å².